The minimum atomic E-state index is 0.503. The van der Waals surface area contributed by atoms with Crippen LogP contribution in [0.15, 0.2) is 66.7 Å². The SMILES string of the molecule is Cc1ccc(-c2ccc3c(c2)-c2ccccc2C3C)cc1. The zero-order chi connectivity index (χ0) is 14.4. The molecule has 0 amide bonds. The molecule has 0 heteroatoms. The van der Waals surface area contributed by atoms with Crippen LogP contribution in [0.5, 0.6) is 0 Å². The van der Waals surface area contributed by atoms with Gasteiger partial charge in [-0.1, -0.05) is 73.2 Å². The molecule has 0 radical (unpaired) electrons. The molecule has 0 N–H and O–H groups in total. The summed E-state index contributed by atoms with van der Waals surface area (Å²) in [4.78, 5) is 0. The lowest BCUT2D eigenvalue weighted by atomic mass is 9.96. The number of rotatable bonds is 1. The second-order valence-corrected chi connectivity index (χ2v) is 5.98. The Kier molecular flexibility index (Phi) is 2.71. The second kappa shape index (κ2) is 4.60. The van der Waals surface area contributed by atoms with Crippen LogP contribution < -0.4 is 0 Å². The number of hydrogen-bond acceptors (Lipinski definition) is 0. The van der Waals surface area contributed by atoms with Gasteiger partial charge in [0, 0.05) is 5.92 Å². The lowest BCUT2D eigenvalue weighted by Gasteiger charge is -2.08. The fourth-order valence-electron chi connectivity index (χ4n) is 3.38. The van der Waals surface area contributed by atoms with Gasteiger partial charge in [-0.25, -0.2) is 0 Å². The molecule has 0 aliphatic heterocycles. The average Bonchev–Trinajstić information content (AvgIpc) is 2.81. The van der Waals surface area contributed by atoms with Crippen molar-refractivity contribution in [3.8, 4) is 22.3 Å². The van der Waals surface area contributed by atoms with E-state index >= 15 is 0 Å². The first-order valence-electron chi connectivity index (χ1n) is 7.54. The first-order valence-corrected chi connectivity index (χ1v) is 7.54. The molecule has 0 saturated heterocycles. The molecule has 1 atom stereocenters. The third-order valence-corrected chi connectivity index (χ3v) is 4.62. The Morgan fingerprint density at radius 3 is 2.14 bits per heavy atom. The smallest absolute Gasteiger partial charge is 0.00733 e. The highest BCUT2D eigenvalue weighted by molar-refractivity contribution is 5.82. The Morgan fingerprint density at radius 1 is 0.667 bits per heavy atom. The van der Waals surface area contributed by atoms with E-state index in [9.17, 15) is 0 Å². The van der Waals surface area contributed by atoms with Gasteiger partial charge in [0.2, 0.25) is 0 Å². The normalized spacial score (nSPS) is 15.6. The maximum absolute atomic E-state index is 2.35. The average molecular weight is 270 g/mol. The molecule has 0 saturated carbocycles. The highest BCUT2D eigenvalue weighted by atomic mass is 14.3. The fourth-order valence-corrected chi connectivity index (χ4v) is 3.38. The van der Waals surface area contributed by atoms with Crippen molar-refractivity contribution in [2.45, 2.75) is 19.8 Å². The third-order valence-electron chi connectivity index (χ3n) is 4.62. The Morgan fingerprint density at radius 2 is 1.33 bits per heavy atom. The summed E-state index contributed by atoms with van der Waals surface area (Å²) in [6, 6.07) is 24.5. The topological polar surface area (TPSA) is 0 Å². The van der Waals surface area contributed by atoms with Gasteiger partial charge in [-0.2, -0.15) is 0 Å². The molecule has 1 aliphatic carbocycles. The zero-order valence-corrected chi connectivity index (χ0v) is 12.4. The summed E-state index contributed by atoms with van der Waals surface area (Å²) < 4.78 is 0. The van der Waals surface area contributed by atoms with Crippen LogP contribution in [0, 0.1) is 6.92 Å². The Balaban J connectivity index is 1.88. The minimum Gasteiger partial charge on any atom is -0.0619 e. The van der Waals surface area contributed by atoms with E-state index in [-0.39, 0.29) is 0 Å². The number of hydrogen-bond donors (Lipinski definition) is 0. The van der Waals surface area contributed by atoms with E-state index < -0.39 is 0 Å². The van der Waals surface area contributed by atoms with Crippen LogP contribution in [-0.4, -0.2) is 0 Å². The van der Waals surface area contributed by atoms with Crippen molar-refractivity contribution in [2.24, 2.45) is 0 Å². The van der Waals surface area contributed by atoms with Crippen molar-refractivity contribution in [1.82, 2.24) is 0 Å². The van der Waals surface area contributed by atoms with Crippen LogP contribution in [0.1, 0.15) is 29.5 Å². The number of benzene rings is 3. The van der Waals surface area contributed by atoms with Crippen LogP contribution in [0.25, 0.3) is 22.3 Å². The highest BCUT2D eigenvalue weighted by Gasteiger charge is 2.24. The maximum atomic E-state index is 2.35. The van der Waals surface area contributed by atoms with Crippen LogP contribution >= 0.6 is 0 Å². The predicted octanol–water partition coefficient (Wildman–Crippen LogP) is 5.79. The highest BCUT2D eigenvalue weighted by Crippen LogP contribution is 2.45. The maximum Gasteiger partial charge on any atom is 0.00733 e. The van der Waals surface area contributed by atoms with E-state index in [1.165, 1.54) is 38.9 Å². The number of fused-ring (bicyclic) bond motifs is 3. The fraction of sp³-hybridized carbons (Fsp3) is 0.143. The standard InChI is InChI=1S/C21H18/c1-14-7-9-16(10-8-14)17-11-12-19-15(2)18-5-3-4-6-20(18)21(19)13-17/h3-13,15H,1-2H3. The number of aryl methyl sites for hydroxylation is 1. The van der Waals surface area contributed by atoms with Gasteiger partial charge >= 0.3 is 0 Å². The van der Waals surface area contributed by atoms with Crippen molar-refractivity contribution in [3.05, 3.63) is 83.4 Å². The Labute approximate surface area is 126 Å². The summed E-state index contributed by atoms with van der Waals surface area (Å²) >= 11 is 0. The lowest BCUT2D eigenvalue weighted by molar-refractivity contribution is 0.957. The third kappa shape index (κ3) is 1.91. The monoisotopic (exact) mass is 270 g/mol. The molecule has 1 aliphatic rings. The molecule has 0 spiro atoms. The molecule has 1 unspecified atom stereocenters. The first-order chi connectivity index (χ1) is 10.2. The van der Waals surface area contributed by atoms with Crippen molar-refractivity contribution < 1.29 is 0 Å². The van der Waals surface area contributed by atoms with E-state index in [1.807, 2.05) is 0 Å². The lowest BCUT2D eigenvalue weighted by Crippen LogP contribution is -1.89. The molecule has 0 fully saturated rings. The second-order valence-electron chi connectivity index (χ2n) is 5.98. The van der Waals surface area contributed by atoms with Gasteiger partial charge in [-0.3, -0.25) is 0 Å². The van der Waals surface area contributed by atoms with Gasteiger partial charge in [-0.15, -0.1) is 0 Å². The van der Waals surface area contributed by atoms with Crippen LogP contribution in [0.3, 0.4) is 0 Å². The molecule has 0 nitrogen and oxygen atoms in total. The van der Waals surface area contributed by atoms with Crippen LogP contribution in [0.4, 0.5) is 0 Å². The van der Waals surface area contributed by atoms with Crippen molar-refractivity contribution in [3.63, 3.8) is 0 Å². The molecule has 102 valence electrons. The summed E-state index contributed by atoms with van der Waals surface area (Å²) in [7, 11) is 0. The first kappa shape index (κ1) is 12.4. The van der Waals surface area contributed by atoms with Gasteiger partial charge in [0.1, 0.15) is 0 Å². The summed E-state index contributed by atoms with van der Waals surface area (Å²) in [6.45, 7) is 4.43. The van der Waals surface area contributed by atoms with E-state index in [0.717, 1.165) is 0 Å². The molecule has 4 rings (SSSR count). The molecule has 0 heterocycles. The largest absolute Gasteiger partial charge is 0.0619 e. The minimum absolute atomic E-state index is 0.503. The van der Waals surface area contributed by atoms with E-state index in [0.29, 0.717) is 5.92 Å². The van der Waals surface area contributed by atoms with E-state index in [1.54, 1.807) is 0 Å². The zero-order valence-electron chi connectivity index (χ0n) is 12.4. The van der Waals surface area contributed by atoms with Crippen molar-refractivity contribution >= 4 is 0 Å². The molecular formula is C21H18. The molecule has 21 heavy (non-hydrogen) atoms. The summed E-state index contributed by atoms with van der Waals surface area (Å²) in [5.74, 6) is 0.503. The molecule has 3 aromatic rings. The van der Waals surface area contributed by atoms with Crippen molar-refractivity contribution in [1.29, 1.82) is 0 Å². The summed E-state index contributed by atoms with van der Waals surface area (Å²) in [5, 5.41) is 0. The van der Waals surface area contributed by atoms with Gasteiger partial charge in [-0.05, 0) is 46.4 Å². The Hall–Kier alpha value is -2.34. The summed E-state index contributed by atoms with van der Waals surface area (Å²) in [6.07, 6.45) is 0. The molecular weight excluding hydrogens is 252 g/mol. The van der Waals surface area contributed by atoms with E-state index in [2.05, 4.69) is 80.6 Å². The predicted molar refractivity (Wildman–Crippen MR) is 89.6 cm³/mol. The van der Waals surface area contributed by atoms with Gasteiger partial charge in [0.25, 0.3) is 0 Å². The van der Waals surface area contributed by atoms with Crippen LogP contribution in [0.2, 0.25) is 0 Å². The molecule has 0 bridgehead atoms. The van der Waals surface area contributed by atoms with E-state index in [4.69, 9.17) is 0 Å². The van der Waals surface area contributed by atoms with Gasteiger partial charge < -0.3 is 0 Å². The quantitative estimate of drug-likeness (QED) is 0.524. The van der Waals surface area contributed by atoms with Gasteiger partial charge in [0.05, 0.1) is 0 Å². The molecule has 0 aromatic heterocycles. The Bertz CT molecular complexity index is 810. The van der Waals surface area contributed by atoms with Crippen molar-refractivity contribution in [2.75, 3.05) is 0 Å². The van der Waals surface area contributed by atoms with Gasteiger partial charge in [0.15, 0.2) is 0 Å². The molecule has 3 aromatic carbocycles. The van der Waals surface area contributed by atoms with Crippen LogP contribution in [-0.2, 0) is 0 Å². The summed E-state index contributed by atoms with van der Waals surface area (Å²) in [5.41, 5.74) is 9.60.